The van der Waals surface area contributed by atoms with Crippen molar-refractivity contribution in [1.82, 2.24) is 4.90 Å². The Morgan fingerprint density at radius 3 is 2.27 bits per heavy atom. The molecule has 0 aromatic heterocycles. The Bertz CT molecular complexity index is 1260. The Balaban J connectivity index is 2.16. The Morgan fingerprint density at radius 2 is 1.73 bits per heavy atom. The summed E-state index contributed by atoms with van der Waals surface area (Å²) in [6.07, 6.45) is 0.190. The second kappa shape index (κ2) is 11.0. The first kappa shape index (κ1) is 29.5. The first-order valence-electron chi connectivity index (χ1n) is 12.3. The van der Waals surface area contributed by atoms with E-state index < -0.39 is 38.1 Å². The van der Waals surface area contributed by atoms with E-state index in [-0.39, 0.29) is 30.4 Å². The molecule has 0 radical (unpaired) electrons. The summed E-state index contributed by atoms with van der Waals surface area (Å²) in [5.74, 6) is -1.72. The second-order valence-corrected chi connectivity index (χ2v) is 15.0. The molecule has 4 atom stereocenters. The largest absolute Gasteiger partial charge is 0.481 e. The molecule has 37 heavy (non-hydrogen) atoms. The van der Waals surface area contributed by atoms with Crippen LogP contribution in [0.3, 0.4) is 0 Å². The molecule has 2 aromatic carbocycles. The van der Waals surface area contributed by atoms with E-state index in [9.17, 15) is 23.1 Å². The number of hydrogen-bond acceptors (Lipinski definition) is 4. The molecule has 1 saturated heterocycles. The maximum atomic E-state index is 14.1. The Kier molecular flexibility index (Phi) is 8.72. The molecule has 0 aliphatic carbocycles. The first-order valence-corrected chi connectivity index (χ1v) is 14.7. The van der Waals surface area contributed by atoms with E-state index in [1.54, 1.807) is 50.8 Å². The van der Waals surface area contributed by atoms with Crippen LogP contribution in [-0.4, -0.2) is 46.8 Å². The van der Waals surface area contributed by atoms with Crippen LogP contribution in [0, 0.1) is 5.41 Å². The molecule has 0 saturated carbocycles. The second-order valence-electron chi connectivity index (χ2n) is 11.3. The molecule has 9 heteroatoms. The van der Waals surface area contributed by atoms with Crippen LogP contribution in [0.25, 0.3) is 0 Å². The van der Waals surface area contributed by atoms with Crippen LogP contribution in [0.1, 0.15) is 77.0 Å². The number of benzene rings is 2. The normalized spacial score (nSPS) is 23.6. The number of nitrogens with zero attached hydrogens (tertiary/aromatic N) is 1. The quantitative estimate of drug-likeness (QED) is 0.391. The van der Waals surface area contributed by atoms with Crippen LogP contribution in [0.5, 0.6) is 0 Å². The molecule has 2 aromatic rings. The third kappa shape index (κ3) is 6.50. The molecule has 1 heterocycles. The number of carboxylic acid groups (broad SMARTS) is 1. The van der Waals surface area contributed by atoms with Gasteiger partial charge in [0.1, 0.15) is 0 Å². The van der Waals surface area contributed by atoms with Crippen LogP contribution in [-0.2, 0) is 19.4 Å². The molecule has 1 aliphatic heterocycles. The van der Waals surface area contributed by atoms with Gasteiger partial charge < -0.3 is 10.0 Å². The highest BCUT2D eigenvalue weighted by Gasteiger charge is 2.52. The van der Waals surface area contributed by atoms with Gasteiger partial charge in [-0.15, -0.1) is 0 Å². The van der Waals surface area contributed by atoms with Gasteiger partial charge in [0.25, 0.3) is 0 Å². The smallest absolute Gasteiger partial charge is 0.304 e. The average Bonchev–Trinajstić information content (AvgIpc) is 2.78. The summed E-state index contributed by atoms with van der Waals surface area (Å²) in [7, 11) is -3.42. The fourth-order valence-corrected chi connectivity index (χ4v) is 6.72. The van der Waals surface area contributed by atoms with Crippen molar-refractivity contribution in [3.8, 4) is 0 Å². The molecule has 0 bridgehead atoms. The molecule has 0 spiro atoms. The van der Waals surface area contributed by atoms with Gasteiger partial charge in [-0.05, 0) is 75.9 Å². The summed E-state index contributed by atoms with van der Waals surface area (Å²) in [5.41, 5.74) is 0.542. The van der Waals surface area contributed by atoms with Crippen LogP contribution in [0.2, 0.25) is 10.0 Å². The topological polar surface area (TPSA) is 91.8 Å². The average molecular weight is 569 g/mol. The van der Waals surface area contributed by atoms with Gasteiger partial charge in [-0.2, -0.15) is 0 Å². The lowest BCUT2D eigenvalue weighted by Gasteiger charge is -2.51. The zero-order valence-corrected chi connectivity index (χ0v) is 24.2. The van der Waals surface area contributed by atoms with Crippen molar-refractivity contribution in [2.24, 2.45) is 5.41 Å². The van der Waals surface area contributed by atoms with E-state index in [0.717, 1.165) is 11.1 Å². The molecule has 4 unspecified atom stereocenters. The highest BCUT2D eigenvalue weighted by atomic mass is 35.5. The number of hydrogen-bond donors (Lipinski definition) is 1. The molecular weight excluding hydrogens is 533 g/mol. The van der Waals surface area contributed by atoms with Gasteiger partial charge in [-0.25, -0.2) is 8.42 Å². The third-order valence-corrected chi connectivity index (χ3v) is 10.5. The fraction of sp³-hybridized carbons (Fsp3) is 0.500. The minimum absolute atomic E-state index is 0.0910. The van der Waals surface area contributed by atoms with Gasteiger partial charge >= 0.3 is 5.97 Å². The van der Waals surface area contributed by atoms with E-state index in [2.05, 4.69) is 0 Å². The summed E-state index contributed by atoms with van der Waals surface area (Å²) in [6, 6.07) is 13.7. The van der Waals surface area contributed by atoms with E-state index in [1.165, 1.54) is 0 Å². The predicted molar refractivity (Wildman–Crippen MR) is 148 cm³/mol. The lowest BCUT2D eigenvalue weighted by Crippen LogP contribution is -2.55. The maximum absolute atomic E-state index is 14.1. The predicted octanol–water partition coefficient (Wildman–Crippen LogP) is 6.52. The van der Waals surface area contributed by atoms with Crippen LogP contribution >= 0.6 is 23.2 Å². The Hall–Kier alpha value is -2.09. The van der Waals surface area contributed by atoms with Gasteiger partial charge in [0, 0.05) is 22.0 Å². The molecule has 1 amide bonds. The molecule has 1 N–H and O–H groups in total. The first-order chi connectivity index (χ1) is 17.1. The number of rotatable bonds is 8. The molecule has 1 aliphatic rings. The summed E-state index contributed by atoms with van der Waals surface area (Å²) < 4.78 is 24.9. The zero-order valence-electron chi connectivity index (χ0n) is 21.9. The molecular formula is C28H35Cl2NO5S. The highest BCUT2D eigenvalue weighted by molar-refractivity contribution is 7.92. The third-order valence-electron chi connectivity index (χ3n) is 7.34. The molecule has 3 rings (SSSR count). The number of sulfone groups is 1. The van der Waals surface area contributed by atoms with Crippen molar-refractivity contribution in [3.05, 3.63) is 69.7 Å². The van der Waals surface area contributed by atoms with Crippen LogP contribution < -0.4 is 0 Å². The fourth-order valence-electron chi connectivity index (χ4n) is 5.13. The summed E-state index contributed by atoms with van der Waals surface area (Å²) in [4.78, 5) is 27.7. The highest BCUT2D eigenvalue weighted by Crippen LogP contribution is 2.52. The van der Waals surface area contributed by atoms with Crippen LogP contribution in [0.15, 0.2) is 48.5 Å². The van der Waals surface area contributed by atoms with Gasteiger partial charge in [0.15, 0.2) is 9.84 Å². The maximum Gasteiger partial charge on any atom is 0.304 e. The summed E-state index contributed by atoms with van der Waals surface area (Å²) in [6.45, 7) is 8.50. The number of halogens is 2. The minimum Gasteiger partial charge on any atom is -0.481 e. The van der Waals surface area contributed by atoms with Crippen LogP contribution in [0.4, 0.5) is 0 Å². The number of aliphatic carboxylic acids is 1. The van der Waals surface area contributed by atoms with E-state index in [1.807, 2.05) is 37.3 Å². The molecule has 1 fully saturated rings. The van der Waals surface area contributed by atoms with Gasteiger partial charge in [-0.3, -0.25) is 9.59 Å². The molecule has 202 valence electrons. The van der Waals surface area contributed by atoms with Crippen molar-refractivity contribution in [3.63, 3.8) is 0 Å². The van der Waals surface area contributed by atoms with E-state index in [4.69, 9.17) is 23.2 Å². The van der Waals surface area contributed by atoms with Crippen molar-refractivity contribution in [2.45, 2.75) is 76.6 Å². The molecule has 6 nitrogen and oxygen atoms in total. The summed E-state index contributed by atoms with van der Waals surface area (Å²) in [5, 5.41) is 10.8. The van der Waals surface area contributed by atoms with Gasteiger partial charge in [-0.1, -0.05) is 54.4 Å². The number of carbonyl (C=O) groups is 2. The van der Waals surface area contributed by atoms with Crippen molar-refractivity contribution in [2.75, 3.05) is 5.75 Å². The van der Waals surface area contributed by atoms with E-state index >= 15 is 0 Å². The standard InChI is InChI=1S/C28H35Cl2NO5S/c1-18(13-14-37(35,36)27(2,3)4)31-25(19-9-11-21(29)12-10-19)23(20-7-6-8-22(30)15-20)16-28(5,26(31)34)17-24(32)33/h6-12,15,18,23,25H,13-14,16-17H2,1-5H3,(H,32,33). The Labute approximate surface area is 229 Å². The number of piperidine rings is 1. The van der Waals surface area contributed by atoms with Gasteiger partial charge in [0.05, 0.1) is 28.4 Å². The zero-order chi connectivity index (χ0) is 27.8. The lowest BCUT2D eigenvalue weighted by atomic mass is 9.67. The minimum atomic E-state index is -3.42. The SMILES string of the molecule is CC(CCS(=O)(=O)C(C)(C)C)N1C(=O)C(C)(CC(=O)O)CC(c2cccc(Cl)c2)C1c1ccc(Cl)cc1. The van der Waals surface area contributed by atoms with Gasteiger partial charge in [0.2, 0.25) is 5.91 Å². The monoisotopic (exact) mass is 567 g/mol. The number of carboxylic acids is 1. The van der Waals surface area contributed by atoms with Crippen molar-refractivity contribution >= 4 is 44.9 Å². The lowest BCUT2D eigenvalue weighted by molar-refractivity contribution is -0.160. The Morgan fingerprint density at radius 1 is 1.11 bits per heavy atom. The summed E-state index contributed by atoms with van der Waals surface area (Å²) >= 11 is 12.5. The number of amides is 1. The van der Waals surface area contributed by atoms with Crippen molar-refractivity contribution in [1.29, 1.82) is 0 Å². The van der Waals surface area contributed by atoms with Crippen molar-refractivity contribution < 1.29 is 23.1 Å². The van der Waals surface area contributed by atoms with E-state index in [0.29, 0.717) is 16.5 Å². The number of carbonyl (C=O) groups excluding carboxylic acids is 1. The number of likely N-dealkylation sites (tertiary alicyclic amines) is 1.